The molecule has 0 saturated carbocycles. The lowest BCUT2D eigenvalue weighted by molar-refractivity contribution is -0.117. The minimum atomic E-state index is 0.0203. The van der Waals surface area contributed by atoms with Crippen molar-refractivity contribution in [2.24, 2.45) is 5.41 Å². The molecule has 1 aromatic carbocycles. The number of carbonyl (C=O) groups excluding carboxylic acids is 1. The van der Waals surface area contributed by atoms with E-state index in [4.69, 9.17) is 14.0 Å². The maximum absolute atomic E-state index is 12.8. The van der Waals surface area contributed by atoms with Crippen molar-refractivity contribution in [3.63, 3.8) is 0 Å². The molecule has 3 aliphatic heterocycles. The Labute approximate surface area is 157 Å². The Bertz CT molecular complexity index is 889. The third kappa shape index (κ3) is 2.77. The molecule has 2 saturated heterocycles. The summed E-state index contributed by atoms with van der Waals surface area (Å²) in [6, 6.07) is 5.74. The predicted molar refractivity (Wildman–Crippen MR) is 97.8 cm³/mol. The average molecular weight is 369 g/mol. The number of ether oxygens (including phenoxy) is 2. The van der Waals surface area contributed by atoms with Crippen LogP contribution in [-0.4, -0.2) is 42.4 Å². The molecule has 0 N–H and O–H groups in total. The minimum Gasteiger partial charge on any atom is -0.454 e. The highest BCUT2D eigenvalue weighted by atomic mass is 16.7. The van der Waals surface area contributed by atoms with E-state index in [-0.39, 0.29) is 18.1 Å². The minimum absolute atomic E-state index is 0.0203. The Balaban J connectivity index is 1.31. The molecule has 7 heteroatoms. The maximum Gasteiger partial charge on any atom is 0.231 e. The first-order chi connectivity index (χ1) is 13.0. The van der Waals surface area contributed by atoms with E-state index >= 15 is 0 Å². The molecule has 2 fully saturated rings. The van der Waals surface area contributed by atoms with E-state index in [1.165, 1.54) is 5.56 Å². The molecule has 1 aromatic heterocycles. The summed E-state index contributed by atoms with van der Waals surface area (Å²) in [5, 5.41) is 4.05. The monoisotopic (exact) mass is 369 g/mol. The van der Waals surface area contributed by atoms with Gasteiger partial charge in [0.1, 0.15) is 5.76 Å². The molecule has 2 aromatic rings. The fourth-order valence-corrected chi connectivity index (χ4v) is 4.57. The van der Waals surface area contributed by atoms with Crippen molar-refractivity contribution in [2.75, 3.05) is 31.3 Å². The van der Waals surface area contributed by atoms with Crippen molar-refractivity contribution >= 4 is 11.6 Å². The van der Waals surface area contributed by atoms with E-state index in [0.29, 0.717) is 12.2 Å². The molecule has 1 atom stereocenters. The molecule has 1 amide bonds. The average Bonchev–Trinajstić information content (AvgIpc) is 3.40. The van der Waals surface area contributed by atoms with Gasteiger partial charge in [-0.25, -0.2) is 0 Å². The second-order valence-corrected chi connectivity index (χ2v) is 7.96. The van der Waals surface area contributed by atoms with Gasteiger partial charge in [0.15, 0.2) is 11.5 Å². The number of nitrogens with zero attached hydrogens (tertiary/aromatic N) is 3. The lowest BCUT2D eigenvalue weighted by atomic mass is 9.86. The lowest BCUT2D eigenvalue weighted by Crippen LogP contribution is -2.31. The van der Waals surface area contributed by atoms with E-state index in [2.05, 4.69) is 10.1 Å². The van der Waals surface area contributed by atoms with E-state index in [9.17, 15) is 4.79 Å². The van der Waals surface area contributed by atoms with Gasteiger partial charge < -0.3 is 18.9 Å². The van der Waals surface area contributed by atoms with Gasteiger partial charge in [-0.3, -0.25) is 9.69 Å². The van der Waals surface area contributed by atoms with E-state index in [1.807, 2.05) is 36.9 Å². The summed E-state index contributed by atoms with van der Waals surface area (Å²) in [7, 11) is 0. The third-order valence-electron chi connectivity index (χ3n) is 6.07. The van der Waals surface area contributed by atoms with E-state index < -0.39 is 0 Å². The molecule has 0 aliphatic carbocycles. The molecule has 7 nitrogen and oxygen atoms in total. The van der Waals surface area contributed by atoms with E-state index in [0.717, 1.165) is 55.5 Å². The molecule has 1 spiro atoms. The third-order valence-corrected chi connectivity index (χ3v) is 6.07. The first-order valence-corrected chi connectivity index (χ1v) is 9.37. The summed E-state index contributed by atoms with van der Waals surface area (Å²) < 4.78 is 16.1. The van der Waals surface area contributed by atoms with Crippen molar-refractivity contribution in [3.8, 4) is 11.5 Å². The Kier molecular flexibility index (Phi) is 3.69. The molecular weight excluding hydrogens is 346 g/mol. The fraction of sp³-hybridized carbons (Fsp3) is 0.500. The Morgan fingerprint density at radius 1 is 1.19 bits per heavy atom. The van der Waals surface area contributed by atoms with Crippen LogP contribution in [0.4, 0.5) is 5.69 Å². The number of amides is 1. The summed E-state index contributed by atoms with van der Waals surface area (Å²) in [5.74, 6) is 2.53. The first-order valence-electron chi connectivity index (χ1n) is 9.37. The maximum atomic E-state index is 12.8. The smallest absolute Gasteiger partial charge is 0.231 e. The van der Waals surface area contributed by atoms with Gasteiger partial charge in [-0.15, -0.1) is 0 Å². The highest BCUT2D eigenvalue weighted by molar-refractivity contribution is 5.96. The number of hydrogen-bond acceptors (Lipinski definition) is 6. The Hall–Kier alpha value is -2.54. The first kappa shape index (κ1) is 16.6. The standard InChI is InChI=1S/C20H23N3O4/c1-13-16(14(2)27-21-13)9-22-6-5-20(10-22)8-19(24)23(11-20)15-3-4-17-18(7-15)26-12-25-17/h3-4,7H,5-6,8-12H2,1-2H3/t20-/m0/s1. The number of likely N-dealkylation sites (tertiary alicyclic amines) is 1. The number of hydrogen-bond donors (Lipinski definition) is 0. The van der Waals surface area contributed by atoms with Crippen LogP contribution in [0, 0.1) is 19.3 Å². The molecule has 0 bridgehead atoms. The highest BCUT2D eigenvalue weighted by Crippen LogP contribution is 2.44. The largest absolute Gasteiger partial charge is 0.454 e. The summed E-state index contributed by atoms with van der Waals surface area (Å²) in [5.41, 5.74) is 3.04. The zero-order chi connectivity index (χ0) is 18.6. The summed E-state index contributed by atoms with van der Waals surface area (Å²) in [4.78, 5) is 17.1. The van der Waals surface area contributed by atoms with Crippen LogP contribution in [-0.2, 0) is 11.3 Å². The van der Waals surface area contributed by atoms with Crippen LogP contribution >= 0.6 is 0 Å². The normalized spacial score (nSPS) is 24.5. The molecule has 5 rings (SSSR count). The lowest BCUT2D eigenvalue weighted by Gasteiger charge is -2.24. The molecule has 0 radical (unpaired) electrons. The van der Waals surface area contributed by atoms with Gasteiger partial charge in [0.25, 0.3) is 0 Å². The molecule has 142 valence electrons. The fourth-order valence-electron chi connectivity index (χ4n) is 4.57. The van der Waals surface area contributed by atoms with Crippen molar-refractivity contribution in [2.45, 2.75) is 33.2 Å². The van der Waals surface area contributed by atoms with Crippen LogP contribution in [0.25, 0.3) is 0 Å². The zero-order valence-electron chi connectivity index (χ0n) is 15.7. The predicted octanol–water partition coefficient (Wildman–Crippen LogP) is 2.65. The molecule has 27 heavy (non-hydrogen) atoms. The summed E-state index contributed by atoms with van der Waals surface area (Å²) >= 11 is 0. The van der Waals surface area contributed by atoms with Crippen LogP contribution < -0.4 is 14.4 Å². The van der Waals surface area contributed by atoms with Gasteiger partial charge in [-0.05, 0) is 38.9 Å². The van der Waals surface area contributed by atoms with Gasteiger partial charge in [-0.2, -0.15) is 0 Å². The second kappa shape index (κ2) is 5.99. The zero-order valence-corrected chi connectivity index (χ0v) is 15.7. The highest BCUT2D eigenvalue weighted by Gasteiger charge is 2.48. The quantitative estimate of drug-likeness (QED) is 0.829. The number of carbonyl (C=O) groups is 1. The molecule has 0 unspecified atom stereocenters. The van der Waals surface area contributed by atoms with Gasteiger partial charge in [0, 0.05) is 48.8 Å². The van der Waals surface area contributed by atoms with Crippen molar-refractivity contribution in [1.82, 2.24) is 10.1 Å². The topological polar surface area (TPSA) is 68.0 Å². The SMILES string of the molecule is Cc1noc(C)c1CN1CC[C@]2(CC(=O)N(c3ccc4c(c3)OCO4)C2)C1. The molecular formula is C20H23N3O4. The summed E-state index contributed by atoms with van der Waals surface area (Å²) in [6.07, 6.45) is 1.63. The van der Waals surface area contributed by atoms with Crippen molar-refractivity contribution < 1.29 is 18.8 Å². The number of aromatic nitrogens is 1. The van der Waals surface area contributed by atoms with Crippen LogP contribution in [0.2, 0.25) is 0 Å². The summed E-state index contributed by atoms with van der Waals surface area (Å²) in [6.45, 7) is 7.69. The van der Waals surface area contributed by atoms with Crippen LogP contribution in [0.15, 0.2) is 22.7 Å². The van der Waals surface area contributed by atoms with Crippen LogP contribution in [0.1, 0.15) is 29.9 Å². The Morgan fingerprint density at radius 3 is 2.85 bits per heavy atom. The van der Waals surface area contributed by atoms with Gasteiger partial charge in [0.2, 0.25) is 12.7 Å². The number of fused-ring (bicyclic) bond motifs is 1. The molecule has 4 heterocycles. The van der Waals surface area contributed by atoms with Crippen LogP contribution in [0.5, 0.6) is 11.5 Å². The number of aryl methyl sites for hydroxylation is 2. The molecule has 3 aliphatic rings. The van der Waals surface area contributed by atoms with Gasteiger partial charge in [0.05, 0.1) is 5.69 Å². The number of anilines is 1. The van der Waals surface area contributed by atoms with Crippen molar-refractivity contribution in [3.05, 3.63) is 35.2 Å². The van der Waals surface area contributed by atoms with E-state index in [1.54, 1.807) is 0 Å². The van der Waals surface area contributed by atoms with Crippen LogP contribution in [0.3, 0.4) is 0 Å². The van der Waals surface area contributed by atoms with Crippen molar-refractivity contribution in [1.29, 1.82) is 0 Å². The number of rotatable bonds is 3. The Morgan fingerprint density at radius 2 is 2.04 bits per heavy atom. The van der Waals surface area contributed by atoms with Gasteiger partial charge >= 0.3 is 0 Å². The van der Waals surface area contributed by atoms with Gasteiger partial charge in [-0.1, -0.05) is 5.16 Å². The number of benzene rings is 1. The second-order valence-electron chi connectivity index (χ2n) is 7.96.